The quantitative estimate of drug-likeness (QED) is 0.579. The Bertz CT molecular complexity index is 389. The van der Waals surface area contributed by atoms with Gasteiger partial charge in [-0.1, -0.05) is 35.8 Å². The minimum Gasteiger partial charge on any atom is -0.207 e. The fourth-order valence-corrected chi connectivity index (χ4v) is 3.43. The third-order valence-electron chi connectivity index (χ3n) is 2.99. The molecule has 0 nitrogen and oxygen atoms in total. The first-order chi connectivity index (χ1) is 8.42. The Morgan fingerprint density at radius 1 is 1.28 bits per heavy atom. The molecule has 0 spiro atoms. The van der Waals surface area contributed by atoms with Crippen LogP contribution in [0.4, 0.5) is 4.39 Å². The molecule has 0 aromatic heterocycles. The normalized spacial score (nSPS) is 12.2. The zero-order chi connectivity index (χ0) is 13.8. The van der Waals surface area contributed by atoms with E-state index in [-0.39, 0.29) is 11.2 Å². The van der Waals surface area contributed by atoms with Gasteiger partial charge in [-0.15, -0.1) is 23.2 Å². The van der Waals surface area contributed by atoms with Crippen LogP contribution in [0.3, 0.4) is 0 Å². The molecule has 0 aliphatic carbocycles. The largest absolute Gasteiger partial charge is 0.207 e. The molecule has 0 aliphatic rings. The van der Waals surface area contributed by atoms with Gasteiger partial charge in [0.25, 0.3) is 0 Å². The van der Waals surface area contributed by atoms with E-state index < -0.39 is 0 Å². The van der Waals surface area contributed by atoms with Gasteiger partial charge in [0.15, 0.2) is 0 Å². The lowest BCUT2D eigenvalue weighted by Gasteiger charge is -2.32. The van der Waals surface area contributed by atoms with E-state index in [1.54, 1.807) is 6.07 Å². The summed E-state index contributed by atoms with van der Waals surface area (Å²) in [5, 5.41) is 0. The van der Waals surface area contributed by atoms with Gasteiger partial charge >= 0.3 is 0 Å². The van der Waals surface area contributed by atoms with E-state index in [1.807, 2.05) is 0 Å². The molecule has 0 aliphatic heterocycles. The maximum atomic E-state index is 13.1. The summed E-state index contributed by atoms with van der Waals surface area (Å²) in [5.74, 6) is 1.32. The Balaban J connectivity index is 2.95. The van der Waals surface area contributed by atoms with Crippen LogP contribution in [-0.4, -0.2) is 11.8 Å². The van der Waals surface area contributed by atoms with Gasteiger partial charge in [-0.2, -0.15) is 0 Å². The molecule has 0 amide bonds. The maximum absolute atomic E-state index is 13.1. The van der Waals surface area contributed by atoms with Gasteiger partial charge in [-0.25, -0.2) is 4.39 Å². The molecule has 0 radical (unpaired) electrons. The van der Waals surface area contributed by atoms with Crippen LogP contribution in [0.1, 0.15) is 25.8 Å². The van der Waals surface area contributed by atoms with E-state index in [0.29, 0.717) is 17.7 Å². The second-order valence-electron chi connectivity index (χ2n) is 5.28. The monoisotopic (exact) mass is 354 g/mol. The molecular weight excluding hydrogens is 338 g/mol. The van der Waals surface area contributed by atoms with Crippen molar-refractivity contribution in [2.75, 3.05) is 11.8 Å². The van der Waals surface area contributed by atoms with Gasteiger partial charge in [0.05, 0.1) is 0 Å². The fourth-order valence-electron chi connectivity index (χ4n) is 2.25. The van der Waals surface area contributed by atoms with Gasteiger partial charge in [0, 0.05) is 21.6 Å². The Kier molecular flexibility index (Phi) is 6.43. The summed E-state index contributed by atoms with van der Waals surface area (Å²) in [6, 6.07) is 4.76. The summed E-state index contributed by atoms with van der Waals surface area (Å²) >= 11 is 15.7. The molecule has 18 heavy (non-hydrogen) atoms. The molecule has 1 aromatic carbocycles. The Hall–Kier alpha value is 0.210. The molecule has 0 saturated heterocycles. The van der Waals surface area contributed by atoms with Gasteiger partial charge in [0.2, 0.25) is 0 Å². The average Bonchev–Trinajstić information content (AvgIpc) is 2.31. The van der Waals surface area contributed by atoms with E-state index in [2.05, 4.69) is 29.8 Å². The molecule has 0 bridgehead atoms. The van der Waals surface area contributed by atoms with E-state index in [0.717, 1.165) is 22.9 Å². The summed E-state index contributed by atoms with van der Waals surface area (Å²) in [4.78, 5) is 0. The molecule has 0 N–H and O–H groups in total. The first kappa shape index (κ1) is 16.3. The zero-order valence-electron chi connectivity index (χ0n) is 10.6. The summed E-state index contributed by atoms with van der Waals surface area (Å²) in [6.45, 7) is 4.32. The molecule has 102 valence electrons. The number of rotatable bonds is 6. The predicted octanol–water partition coefficient (Wildman–Crippen LogP) is 5.64. The first-order valence-corrected chi connectivity index (χ1v) is 7.84. The number of alkyl halides is 2. The Morgan fingerprint density at radius 3 is 2.33 bits per heavy atom. The highest BCUT2D eigenvalue weighted by Gasteiger charge is 2.30. The number of halogens is 4. The number of benzene rings is 1. The van der Waals surface area contributed by atoms with E-state index in [9.17, 15) is 4.39 Å². The standard InChI is InChI=1S/C14H18BrCl2F/c1-10(2)6-14(8-16,9-17)7-11-3-4-12(18)5-13(11)15/h3-5,10H,6-9H2,1-2H3. The van der Waals surface area contributed by atoms with E-state index in [4.69, 9.17) is 23.2 Å². The van der Waals surface area contributed by atoms with Crippen molar-refractivity contribution < 1.29 is 4.39 Å². The van der Waals surface area contributed by atoms with Crippen molar-refractivity contribution in [3.8, 4) is 0 Å². The van der Waals surface area contributed by atoms with Crippen molar-refractivity contribution in [1.29, 1.82) is 0 Å². The topological polar surface area (TPSA) is 0 Å². The summed E-state index contributed by atoms with van der Waals surface area (Å²) in [7, 11) is 0. The minimum atomic E-state index is -0.239. The molecule has 0 saturated carbocycles. The SMILES string of the molecule is CC(C)CC(CCl)(CCl)Cc1ccc(F)cc1Br. The van der Waals surface area contributed by atoms with Crippen LogP contribution >= 0.6 is 39.1 Å². The second kappa shape index (κ2) is 7.12. The zero-order valence-corrected chi connectivity index (χ0v) is 13.7. The summed E-state index contributed by atoms with van der Waals surface area (Å²) in [6.07, 6.45) is 1.73. The Labute approximate surface area is 127 Å². The average molecular weight is 356 g/mol. The molecule has 1 aromatic rings. The van der Waals surface area contributed by atoms with E-state index in [1.165, 1.54) is 12.1 Å². The summed E-state index contributed by atoms with van der Waals surface area (Å²) in [5.41, 5.74) is 0.927. The van der Waals surface area contributed by atoms with Crippen LogP contribution in [0.25, 0.3) is 0 Å². The van der Waals surface area contributed by atoms with Crippen molar-refractivity contribution in [3.05, 3.63) is 34.1 Å². The highest BCUT2D eigenvalue weighted by molar-refractivity contribution is 9.10. The van der Waals surface area contributed by atoms with Crippen LogP contribution < -0.4 is 0 Å². The lowest BCUT2D eigenvalue weighted by Crippen LogP contribution is -2.30. The number of hydrogen-bond donors (Lipinski definition) is 0. The lowest BCUT2D eigenvalue weighted by molar-refractivity contribution is 0.295. The minimum absolute atomic E-state index is 0.127. The van der Waals surface area contributed by atoms with Crippen LogP contribution in [0, 0.1) is 17.2 Å². The van der Waals surface area contributed by atoms with Crippen molar-refractivity contribution >= 4 is 39.1 Å². The van der Waals surface area contributed by atoms with Gasteiger partial charge in [0.1, 0.15) is 5.82 Å². The Morgan fingerprint density at radius 2 is 1.89 bits per heavy atom. The molecule has 4 heteroatoms. The highest BCUT2D eigenvalue weighted by atomic mass is 79.9. The molecular formula is C14H18BrCl2F. The summed E-state index contributed by atoms with van der Waals surface area (Å²) < 4.78 is 13.9. The molecule has 0 fully saturated rings. The molecule has 0 unspecified atom stereocenters. The predicted molar refractivity (Wildman–Crippen MR) is 81.1 cm³/mol. The number of hydrogen-bond acceptors (Lipinski definition) is 0. The van der Waals surface area contributed by atoms with Crippen molar-refractivity contribution in [2.45, 2.75) is 26.7 Å². The lowest BCUT2D eigenvalue weighted by atomic mass is 9.78. The van der Waals surface area contributed by atoms with Crippen LogP contribution in [0.5, 0.6) is 0 Å². The smallest absolute Gasteiger partial charge is 0.124 e. The third kappa shape index (κ3) is 4.40. The molecule has 0 atom stereocenters. The first-order valence-electron chi connectivity index (χ1n) is 5.98. The third-order valence-corrected chi connectivity index (χ3v) is 4.86. The van der Waals surface area contributed by atoms with E-state index >= 15 is 0 Å². The maximum Gasteiger partial charge on any atom is 0.124 e. The van der Waals surface area contributed by atoms with Crippen LogP contribution in [0.2, 0.25) is 0 Å². The molecule has 0 heterocycles. The second-order valence-corrected chi connectivity index (χ2v) is 6.67. The highest BCUT2D eigenvalue weighted by Crippen LogP contribution is 2.35. The van der Waals surface area contributed by atoms with Crippen molar-refractivity contribution in [2.24, 2.45) is 11.3 Å². The molecule has 1 rings (SSSR count). The van der Waals surface area contributed by atoms with Gasteiger partial charge in [-0.3, -0.25) is 0 Å². The van der Waals surface area contributed by atoms with Crippen molar-refractivity contribution in [1.82, 2.24) is 0 Å². The van der Waals surface area contributed by atoms with Crippen molar-refractivity contribution in [3.63, 3.8) is 0 Å². The van der Waals surface area contributed by atoms with Crippen LogP contribution in [0.15, 0.2) is 22.7 Å². The fraction of sp³-hybridized carbons (Fsp3) is 0.571. The van der Waals surface area contributed by atoms with Gasteiger partial charge < -0.3 is 0 Å². The van der Waals surface area contributed by atoms with Crippen LogP contribution in [-0.2, 0) is 6.42 Å². The van der Waals surface area contributed by atoms with Gasteiger partial charge in [-0.05, 0) is 36.5 Å².